The number of halogens is 1. The van der Waals surface area contributed by atoms with Crippen molar-refractivity contribution < 1.29 is 4.39 Å². The number of aryl methyl sites for hydroxylation is 1. The van der Waals surface area contributed by atoms with Gasteiger partial charge in [0.05, 0.1) is 0 Å². The summed E-state index contributed by atoms with van der Waals surface area (Å²) in [5.74, 6) is 0.139. The minimum Gasteiger partial charge on any atom is -0.317 e. The zero-order valence-corrected chi connectivity index (χ0v) is 10.8. The van der Waals surface area contributed by atoms with Gasteiger partial charge in [-0.2, -0.15) is 0 Å². The number of hydrogen-bond acceptors (Lipinski definition) is 1. The van der Waals surface area contributed by atoms with Gasteiger partial charge in [0.25, 0.3) is 0 Å². The van der Waals surface area contributed by atoms with Crippen molar-refractivity contribution in [2.45, 2.75) is 38.8 Å². The normalized spacial score (nSPS) is 25.0. The molecule has 1 nitrogen and oxygen atoms in total. The largest absolute Gasteiger partial charge is 0.317 e. The molecule has 0 bridgehead atoms. The third-order valence-electron chi connectivity index (χ3n) is 3.96. The topological polar surface area (TPSA) is 12.0 Å². The van der Waals surface area contributed by atoms with Gasteiger partial charge in [0, 0.05) is 0 Å². The molecule has 1 fully saturated rings. The van der Waals surface area contributed by atoms with Crippen LogP contribution < -0.4 is 5.32 Å². The first-order valence-corrected chi connectivity index (χ1v) is 6.57. The van der Waals surface area contributed by atoms with E-state index in [2.05, 4.69) is 5.32 Å². The second-order valence-corrected chi connectivity index (χ2v) is 5.32. The van der Waals surface area contributed by atoms with Crippen LogP contribution in [0.1, 0.15) is 37.3 Å². The zero-order chi connectivity index (χ0) is 12.3. The summed E-state index contributed by atoms with van der Waals surface area (Å²) in [4.78, 5) is 0. The summed E-state index contributed by atoms with van der Waals surface area (Å²) < 4.78 is 15.0. The van der Waals surface area contributed by atoms with E-state index in [9.17, 15) is 4.39 Å². The highest BCUT2D eigenvalue weighted by molar-refractivity contribution is 5.26. The predicted molar refractivity (Wildman–Crippen MR) is 69.8 cm³/mol. The number of benzene rings is 1. The molecule has 17 heavy (non-hydrogen) atoms. The maximum atomic E-state index is 15.0. The van der Waals surface area contributed by atoms with Gasteiger partial charge in [-0.1, -0.05) is 29.8 Å². The summed E-state index contributed by atoms with van der Waals surface area (Å²) in [6.45, 7) is 5.75. The Morgan fingerprint density at radius 1 is 1.18 bits per heavy atom. The van der Waals surface area contributed by atoms with Crippen LogP contribution in [0.25, 0.3) is 0 Å². The van der Waals surface area contributed by atoms with Gasteiger partial charge in [-0.05, 0) is 57.7 Å². The molecule has 1 heterocycles. The fourth-order valence-electron chi connectivity index (χ4n) is 2.68. The van der Waals surface area contributed by atoms with Gasteiger partial charge in [0.2, 0.25) is 0 Å². The number of alkyl halides is 1. The summed E-state index contributed by atoms with van der Waals surface area (Å²) in [5.41, 5.74) is 0.821. The predicted octanol–water partition coefficient (Wildman–Crippen LogP) is 3.57. The zero-order valence-electron chi connectivity index (χ0n) is 10.8. The Balaban J connectivity index is 2.18. The van der Waals surface area contributed by atoms with Crippen LogP contribution >= 0.6 is 0 Å². The lowest BCUT2D eigenvalue weighted by Crippen LogP contribution is -2.28. The van der Waals surface area contributed by atoms with E-state index in [1.165, 1.54) is 5.56 Å². The molecule has 0 spiro atoms. The fraction of sp³-hybridized carbons (Fsp3) is 0.600. The van der Waals surface area contributed by atoms with E-state index in [1.54, 1.807) is 6.92 Å². The van der Waals surface area contributed by atoms with Crippen molar-refractivity contribution in [3.05, 3.63) is 35.4 Å². The second kappa shape index (κ2) is 5.18. The van der Waals surface area contributed by atoms with Gasteiger partial charge in [0.15, 0.2) is 0 Å². The van der Waals surface area contributed by atoms with Crippen LogP contribution in [0.3, 0.4) is 0 Å². The Labute approximate surface area is 103 Å². The first-order chi connectivity index (χ1) is 8.10. The molecule has 2 rings (SSSR count). The lowest BCUT2D eigenvalue weighted by Gasteiger charge is -2.30. The highest BCUT2D eigenvalue weighted by Gasteiger charge is 2.35. The van der Waals surface area contributed by atoms with Crippen LogP contribution in [-0.2, 0) is 5.67 Å². The van der Waals surface area contributed by atoms with E-state index in [4.69, 9.17) is 0 Å². The monoisotopic (exact) mass is 235 g/mol. The standard InChI is InChI=1S/C15H22FN/c1-12-5-7-14(8-6-12)15(2,16)13-4-3-10-17-11-9-13/h5-8,13,17H,3-4,9-11H2,1-2H3. The van der Waals surface area contributed by atoms with E-state index in [1.807, 2.05) is 31.2 Å². The molecule has 94 valence electrons. The van der Waals surface area contributed by atoms with E-state index in [0.717, 1.165) is 37.9 Å². The Hall–Kier alpha value is -0.890. The summed E-state index contributed by atoms with van der Waals surface area (Å²) in [5, 5.41) is 3.34. The van der Waals surface area contributed by atoms with Gasteiger partial charge in [-0.15, -0.1) is 0 Å². The smallest absolute Gasteiger partial charge is 0.136 e. The van der Waals surface area contributed by atoms with Gasteiger partial charge in [-0.25, -0.2) is 4.39 Å². The summed E-state index contributed by atoms with van der Waals surface area (Å²) in [7, 11) is 0. The average Bonchev–Trinajstić information content (AvgIpc) is 2.58. The van der Waals surface area contributed by atoms with Crippen molar-refractivity contribution >= 4 is 0 Å². The maximum Gasteiger partial charge on any atom is 0.136 e. The molecule has 1 aliphatic rings. The molecule has 0 radical (unpaired) electrons. The van der Waals surface area contributed by atoms with Crippen molar-refractivity contribution in [3.63, 3.8) is 0 Å². The molecule has 1 aromatic rings. The Bertz CT molecular complexity index is 348. The second-order valence-electron chi connectivity index (χ2n) is 5.32. The maximum absolute atomic E-state index is 15.0. The lowest BCUT2D eigenvalue weighted by atomic mass is 9.80. The van der Waals surface area contributed by atoms with Crippen LogP contribution in [0.2, 0.25) is 0 Å². The SMILES string of the molecule is Cc1ccc(C(C)(F)C2CCCNCC2)cc1. The first kappa shape index (κ1) is 12.6. The first-order valence-electron chi connectivity index (χ1n) is 6.57. The molecule has 2 heteroatoms. The molecular weight excluding hydrogens is 213 g/mol. The minimum atomic E-state index is -1.19. The van der Waals surface area contributed by atoms with Crippen LogP contribution in [-0.4, -0.2) is 13.1 Å². The van der Waals surface area contributed by atoms with Crippen molar-refractivity contribution in [2.24, 2.45) is 5.92 Å². The molecule has 1 aromatic carbocycles. The van der Waals surface area contributed by atoms with Gasteiger partial charge in [-0.3, -0.25) is 0 Å². The van der Waals surface area contributed by atoms with Crippen LogP contribution in [0.5, 0.6) is 0 Å². The average molecular weight is 235 g/mol. The summed E-state index contributed by atoms with van der Waals surface area (Å²) in [6, 6.07) is 7.88. The van der Waals surface area contributed by atoms with E-state index in [0.29, 0.717) is 0 Å². The number of rotatable bonds is 2. The van der Waals surface area contributed by atoms with E-state index < -0.39 is 5.67 Å². The van der Waals surface area contributed by atoms with Crippen molar-refractivity contribution in [1.82, 2.24) is 5.32 Å². The quantitative estimate of drug-likeness (QED) is 0.826. The van der Waals surface area contributed by atoms with Crippen LogP contribution in [0, 0.1) is 12.8 Å². The molecular formula is C15H22FN. The molecule has 2 unspecified atom stereocenters. The summed E-state index contributed by atoms with van der Waals surface area (Å²) >= 11 is 0. The summed E-state index contributed by atoms with van der Waals surface area (Å²) in [6.07, 6.45) is 2.99. The molecule has 0 aliphatic carbocycles. The van der Waals surface area contributed by atoms with Gasteiger partial charge < -0.3 is 5.32 Å². The molecule has 2 atom stereocenters. The molecule has 0 saturated carbocycles. The molecule has 1 aliphatic heterocycles. The van der Waals surface area contributed by atoms with Crippen LogP contribution in [0.15, 0.2) is 24.3 Å². The third-order valence-corrected chi connectivity index (χ3v) is 3.96. The Morgan fingerprint density at radius 2 is 1.88 bits per heavy atom. The van der Waals surface area contributed by atoms with Crippen LogP contribution in [0.4, 0.5) is 4.39 Å². The Morgan fingerprint density at radius 3 is 2.59 bits per heavy atom. The highest BCUT2D eigenvalue weighted by Crippen LogP contribution is 2.38. The van der Waals surface area contributed by atoms with E-state index >= 15 is 0 Å². The van der Waals surface area contributed by atoms with Gasteiger partial charge in [0.1, 0.15) is 5.67 Å². The molecule has 0 aromatic heterocycles. The fourth-order valence-corrected chi connectivity index (χ4v) is 2.68. The van der Waals surface area contributed by atoms with Crippen molar-refractivity contribution in [1.29, 1.82) is 0 Å². The van der Waals surface area contributed by atoms with Gasteiger partial charge >= 0.3 is 0 Å². The highest BCUT2D eigenvalue weighted by atomic mass is 19.1. The molecule has 1 saturated heterocycles. The lowest BCUT2D eigenvalue weighted by molar-refractivity contribution is 0.0909. The number of nitrogens with one attached hydrogen (secondary N) is 1. The van der Waals surface area contributed by atoms with E-state index in [-0.39, 0.29) is 5.92 Å². The Kier molecular flexibility index (Phi) is 3.82. The minimum absolute atomic E-state index is 0.139. The number of hydrogen-bond donors (Lipinski definition) is 1. The molecule has 0 amide bonds. The van der Waals surface area contributed by atoms with Crippen molar-refractivity contribution in [2.75, 3.05) is 13.1 Å². The third kappa shape index (κ3) is 2.86. The molecule has 1 N–H and O–H groups in total. The van der Waals surface area contributed by atoms with Crippen molar-refractivity contribution in [3.8, 4) is 0 Å².